The number of hydrogen-bond donors (Lipinski definition) is 1. The van der Waals surface area contributed by atoms with Crippen molar-refractivity contribution in [1.82, 2.24) is 5.32 Å². The number of fused-ring (bicyclic) bond motifs is 5. The van der Waals surface area contributed by atoms with Crippen molar-refractivity contribution in [3.63, 3.8) is 0 Å². The first-order valence-electron chi connectivity index (χ1n) is 8.29. The van der Waals surface area contributed by atoms with Crippen molar-refractivity contribution in [2.24, 2.45) is 23.7 Å². The highest BCUT2D eigenvalue weighted by atomic mass is 35.5. The quantitative estimate of drug-likeness (QED) is 0.820. The summed E-state index contributed by atoms with van der Waals surface area (Å²) in [6.07, 6.45) is 7.00. The van der Waals surface area contributed by atoms with Gasteiger partial charge in [0, 0.05) is 17.1 Å². The van der Waals surface area contributed by atoms with E-state index < -0.39 is 0 Å². The standard InChI is InChI=1S/C18H24ClN/c1-2-3-15(11-6-8-14(19)9-7-11)20-18-16-12-4-5-13(10-12)17(16)18/h6-9,12-13,15-18,20H,2-5,10H2,1H3. The normalized spacial score (nSPS) is 38.8. The van der Waals surface area contributed by atoms with Crippen molar-refractivity contribution in [3.8, 4) is 0 Å². The Morgan fingerprint density at radius 1 is 1.15 bits per heavy atom. The second-order valence-electron chi connectivity index (χ2n) is 7.07. The summed E-state index contributed by atoms with van der Waals surface area (Å²) in [5.74, 6) is 4.13. The molecule has 2 bridgehead atoms. The zero-order chi connectivity index (χ0) is 13.7. The van der Waals surface area contributed by atoms with E-state index in [1.807, 2.05) is 12.1 Å². The predicted molar refractivity (Wildman–Crippen MR) is 83.8 cm³/mol. The number of hydrogen-bond acceptors (Lipinski definition) is 1. The van der Waals surface area contributed by atoms with E-state index in [4.69, 9.17) is 11.6 Å². The molecule has 1 N–H and O–H groups in total. The Labute approximate surface area is 127 Å². The lowest BCUT2D eigenvalue weighted by Crippen LogP contribution is -2.28. The molecule has 1 nitrogen and oxygen atoms in total. The van der Waals surface area contributed by atoms with E-state index in [1.165, 1.54) is 37.7 Å². The Morgan fingerprint density at radius 3 is 2.40 bits per heavy atom. The molecule has 0 spiro atoms. The lowest BCUT2D eigenvalue weighted by atomic mass is 10.0. The molecule has 2 heteroatoms. The van der Waals surface area contributed by atoms with E-state index in [9.17, 15) is 0 Å². The fraction of sp³-hybridized carbons (Fsp3) is 0.667. The molecule has 108 valence electrons. The molecule has 4 rings (SSSR count). The van der Waals surface area contributed by atoms with Crippen LogP contribution in [-0.2, 0) is 0 Å². The van der Waals surface area contributed by atoms with Crippen LogP contribution in [-0.4, -0.2) is 6.04 Å². The van der Waals surface area contributed by atoms with Crippen LogP contribution in [0.1, 0.15) is 50.6 Å². The molecule has 0 aromatic heterocycles. The van der Waals surface area contributed by atoms with Gasteiger partial charge in [-0.25, -0.2) is 0 Å². The van der Waals surface area contributed by atoms with Crippen molar-refractivity contribution in [2.45, 2.75) is 51.1 Å². The van der Waals surface area contributed by atoms with Crippen LogP contribution in [0.15, 0.2) is 24.3 Å². The molecule has 20 heavy (non-hydrogen) atoms. The molecule has 1 aromatic carbocycles. The third-order valence-electron chi connectivity index (χ3n) is 5.98. The maximum Gasteiger partial charge on any atom is 0.0406 e. The Balaban J connectivity index is 1.46. The first kappa shape index (κ1) is 13.2. The van der Waals surface area contributed by atoms with E-state index in [1.54, 1.807) is 0 Å². The predicted octanol–water partition coefficient (Wildman–Crippen LogP) is 4.82. The van der Waals surface area contributed by atoms with Crippen LogP contribution in [0, 0.1) is 23.7 Å². The third-order valence-corrected chi connectivity index (χ3v) is 6.23. The molecule has 3 aliphatic carbocycles. The number of rotatable bonds is 5. The van der Waals surface area contributed by atoms with Gasteiger partial charge in [-0.3, -0.25) is 0 Å². The van der Waals surface area contributed by atoms with Crippen molar-refractivity contribution in [2.75, 3.05) is 0 Å². The maximum absolute atomic E-state index is 6.02. The second kappa shape index (κ2) is 5.03. The highest BCUT2D eigenvalue weighted by Gasteiger charge is 2.64. The molecular weight excluding hydrogens is 266 g/mol. The van der Waals surface area contributed by atoms with Crippen LogP contribution in [0.4, 0.5) is 0 Å². The Morgan fingerprint density at radius 2 is 1.80 bits per heavy atom. The van der Waals surface area contributed by atoms with Gasteiger partial charge in [0.05, 0.1) is 0 Å². The summed E-state index contributed by atoms with van der Waals surface area (Å²) >= 11 is 6.02. The fourth-order valence-electron chi connectivity index (χ4n) is 5.11. The molecule has 0 saturated heterocycles. The highest BCUT2D eigenvalue weighted by molar-refractivity contribution is 6.30. The van der Waals surface area contributed by atoms with Gasteiger partial charge in [-0.1, -0.05) is 37.1 Å². The van der Waals surface area contributed by atoms with Crippen LogP contribution >= 0.6 is 11.6 Å². The van der Waals surface area contributed by atoms with Gasteiger partial charge in [0.15, 0.2) is 0 Å². The fourth-order valence-corrected chi connectivity index (χ4v) is 5.24. The number of nitrogens with one attached hydrogen (secondary N) is 1. The van der Waals surface area contributed by atoms with Crippen molar-refractivity contribution in [1.29, 1.82) is 0 Å². The minimum absolute atomic E-state index is 0.521. The summed E-state index contributed by atoms with van der Waals surface area (Å²) in [6.45, 7) is 2.28. The van der Waals surface area contributed by atoms with Crippen LogP contribution in [0.25, 0.3) is 0 Å². The largest absolute Gasteiger partial charge is 0.307 e. The topological polar surface area (TPSA) is 12.0 Å². The van der Waals surface area contributed by atoms with Gasteiger partial charge in [-0.15, -0.1) is 0 Å². The summed E-state index contributed by atoms with van der Waals surface area (Å²) in [5, 5.41) is 4.83. The molecule has 1 aromatic rings. The van der Waals surface area contributed by atoms with Crippen LogP contribution in [0.5, 0.6) is 0 Å². The summed E-state index contributed by atoms with van der Waals surface area (Å²) in [4.78, 5) is 0. The zero-order valence-corrected chi connectivity index (χ0v) is 12.9. The van der Waals surface area contributed by atoms with Crippen molar-refractivity contribution in [3.05, 3.63) is 34.9 Å². The monoisotopic (exact) mass is 289 g/mol. The Hall–Kier alpha value is -0.530. The minimum Gasteiger partial charge on any atom is -0.307 e. The van der Waals surface area contributed by atoms with Gasteiger partial charge in [0.2, 0.25) is 0 Å². The molecule has 0 aliphatic heterocycles. The molecule has 5 unspecified atom stereocenters. The molecule has 0 heterocycles. The summed E-state index contributed by atoms with van der Waals surface area (Å²) in [7, 11) is 0. The molecule has 5 atom stereocenters. The van der Waals surface area contributed by atoms with Crippen molar-refractivity contribution < 1.29 is 0 Å². The maximum atomic E-state index is 6.02. The lowest BCUT2D eigenvalue weighted by molar-refractivity contribution is 0.407. The smallest absolute Gasteiger partial charge is 0.0406 e. The first-order valence-corrected chi connectivity index (χ1v) is 8.67. The third kappa shape index (κ3) is 2.10. The second-order valence-corrected chi connectivity index (χ2v) is 7.51. The van der Waals surface area contributed by atoms with Gasteiger partial charge >= 0.3 is 0 Å². The first-order chi connectivity index (χ1) is 9.78. The van der Waals surface area contributed by atoms with E-state index in [0.29, 0.717) is 6.04 Å². The lowest BCUT2D eigenvalue weighted by Gasteiger charge is -2.21. The van der Waals surface area contributed by atoms with Crippen molar-refractivity contribution >= 4 is 11.6 Å². The molecule has 3 saturated carbocycles. The molecule has 3 fully saturated rings. The highest BCUT2D eigenvalue weighted by Crippen LogP contribution is 2.66. The van der Waals surface area contributed by atoms with Crippen LogP contribution < -0.4 is 5.32 Å². The van der Waals surface area contributed by atoms with Gasteiger partial charge in [0.25, 0.3) is 0 Å². The Kier molecular flexibility index (Phi) is 3.31. The van der Waals surface area contributed by atoms with E-state index in [0.717, 1.165) is 34.7 Å². The summed E-state index contributed by atoms with van der Waals surface area (Å²) in [5.41, 5.74) is 1.41. The minimum atomic E-state index is 0.521. The zero-order valence-electron chi connectivity index (χ0n) is 12.2. The van der Waals surface area contributed by atoms with E-state index in [2.05, 4.69) is 24.4 Å². The van der Waals surface area contributed by atoms with Gasteiger partial charge < -0.3 is 5.32 Å². The van der Waals surface area contributed by atoms with Gasteiger partial charge in [0.1, 0.15) is 0 Å². The van der Waals surface area contributed by atoms with E-state index in [-0.39, 0.29) is 0 Å². The van der Waals surface area contributed by atoms with Crippen LogP contribution in [0.3, 0.4) is 0 Å². The number of benzene rings is 1. The molecule has 3 aliphatic rings. The number of halogens is 1. The summed E-state index contributed by atoms with van der Waals surface area (Å²) in [6, 6.07) is 9.78. The van der Waals surface area contributed by atoms with Gasteiger partial charge in [-0.05, 0) is 67.1 Å². The van der Waals surface area contributed by atoms with E-state index >= 15 is 0 Å². The van der Waals surface area contributed by atoms with Gasteiger partial charge in [-0.2, -0.15) is 0 Å². The average Bonchev–Trinajstić information content (AvgIpc) is 2.83. The summed E-state index contributed by atoms with van der Waals surface area (Å²) < 4.78 is 0. The SMILES string of the molecule is CCCC(NC1C2C3CCC(C3)C12)c1ccc(Cl)cc1. The van der Waals surface area contributed by atoms with Crippen LogP contribution in [0.2, 0.25) is 5.02 Å². The molecular formula is C18H24ClN. The molecule has 0 amide bonds. The molecule has 0 radical (unpaired) electrons. The average molecular weight is 290 g/mol. The Bertz CT molecular complexity index is 467.